The molecule has 1 N–H and O–H groups in total. The van der Waals surface area contributed by atoms with E-state index in [9.17, 15) is 0 Å². The molecule has 0 saturated heterocycles. The van der Waals surface area contributed by atoms with Crippen molar-refractivity contribution in [3.05, 3.63) is 35.4 Å². The van der Waals surface area contributed by atoms with Crippen LogP contribution < -0.4 is 5.32 Å². The summed E-state index contributed by atoms with van der Waals surface area (Å²) in [5.41, 5.74) is 2.75. The van der Waals surface area contributed by atoms with E-state index >= 15 is 0 Å². The Balaban J connectivity index is 2.37. The van der Waals surface area contributed by atoms with Gasteiger partial charge in [0.2, 0.25) is 0 Å². The van der Waals surface area contributed by atoms with Crippen LogP contribution in [0.3, 0.4) is 0 Å². The molecule has 1 rings (SSSR count). The van der Waals surface area contributed by atoms with Crippen LogP contribution in [0, 0.1) is 19.3 Å². The van der Waals surface area contributed by atoms with Crippen molar-refractivity contribution >= 4 is 0 Å². The molecule has 0 aromatic heterocycles. The number of hydrogen-bond acceptors (Lipinski definition) is 1. The van der Waals surface area contributed by atoms with Gasteiger partial charge in [0.25, 0.3) is 0 Å². The first-order chi connectivity index (χ1) is 8.65. The zero-order chi connectivity index (χ0) is 13.4. The molecule has 0 radical (unpaired) electrons. The molecular weight excluding hydrogens is 218 g/mol. The Bertz CT molecular complexity index is 389. The summed E-state index contributed by atoms with van der Waals surface area (Å²) in [6, 6.07) is 9.42. The fourth-order valence-electron chi connectivity index (χ4n) is 2.18. The van der Waals surface area contributed by atoms with Crippen molar-refractivity contribution in [2.45, 2.75) is 58.5 Å². The fourth-order valence-corrected chi connectivity index (χ4v) is 2.18. The van der Waals surface area contributed by atoms with Crippen LogP contribution >= 0.6 is 0 Å². The second-order valence-electron chi connectivity index (χ2n) is 5.10. The lowest BCUT2D eigenvalue weighted by atomic mass is 10.0. The SMILES string of the molecule is C#CC(CCC)NC(C)CCc1cccc(C)c1. The third-order valence-electron chi connectivity index (χ3n) is 3.21. The van der Waals surface area contributed by atoms with E-state index in [1.54, 1.807) is 0 Å². The van der Waals surface area contributed by atoms with Gasteiger partial charge in [0.15, 0.2) is 0 Å². The monoisotopic (exact) mass is 243 g/mol. The fraction of sp³-hybridized carbons (Fsp3) is 0.529. The lowest BCUT2D eigenvalue weighted by Gasteiger charge is -2.19. The lowest BCUT2D eigenvalue weighted by Crippen LogP contribution is -2.35. The number of rotatable bonds is 7. The van der Waals surface area contributed by atoms with Crippen molar-refractivity contribution in [3.63, 3.8) is 0 Å². The maximum atomic E-state index is 5.52. The number of hydrogen-bond donors (Lipinski definition) is 1. The lowest BCUT2D eigenvalue weighted by molar-refractivity contribution is 0.459. The van der Waals surface area contributed by atoms with E-state index in [4.69, 9.17) is 6.42 Å². The van der Waals surface area contributed by atoms with Crippen molar-refractivity contribution in [1.29, 1.82) is 0 Å². The largest absolute Gasteiger partial charge is 0.301 e. The highest BCUT2D eigenvalue weighted by atomic mass is 14.9. The Morgan fingerprint density at radius 3 is 2.72 bits per heavy atom. The molecule has 0 aliphatic carbocycles. The average Bonchev–Trinajstić information content (AvgIpc) is 2.36. The highest BCUT2D eigenvalue weighted by Gasteiger charge is 2.08. The van der Waals surface area contributed by atoms with E-state index in [2.05, 4.69) is 56.3 Å². The molecule has 1 aromatic carbocycles. The first-order valence-corrected chi connectivity index (χ1v) is 6.93. The average molecular weight is 243 g/mol. The minimum atomic E-state index is 0.225. The van der Waals surface area contributed by atoms with E-state index in [-0.39, 0.29) is 6.04 Å². The van der Waals surface area contributed by atoms with Gasteiger partial charge in [0.1, 0.15) is 0 Å². The molecule has 0 aliphatic heterocycles. The predicted molar refractivity (Wildman–Crippen MR) is 79.6 cm³/mol. The van der Waals surface area contributed by atoms with Gasteiger partial charge in [-0.15, -0.1) is 6.42 Å². The normalized spacial score (nSPS) is 13.9. The molecule has 2 atom stereocenters. The van der Waals surface area contributed by atoms with E-state index in [1.165, 1.54) is 11.1 Å². The van der Waals surface area contributed by atoms with Crippen LogP contribution in [0.4, 0.5) is 0 Å². The molecule has 0 fully saturated rings. The van der Waals surface area contributed by atoms with Crippen molar-refractivity contribution in [2.75, 3.05) is 0 Å². The minimum Gasteiger partial charge on any atom is -0.301 e. The van der Waals surface area contributed by atoms with Crippen LogP contribution in [-0.4, -0.2) is 12.1 Å². The molecule has 2 unspecified atom stereocenters. The number of nitrogens with one attached hydrogen (secondary N) is 1. The molecule has 0 bridgehead atoms. The summed E-state index contributed by atoms with van der Waals surface area (Å²) in [5.74, 6) is 2.83. The van der Waals surface area contributed by atoms with Crippen LogP contribution in [0.25, 0.3) is 0 Å². The molecule has 0 amide bonds. The number of aryl methyl sites for hydroxylation is 2. The Hall–Kier alpha value is -1.26. The summed E-state index contributed by atoms with van der Waals surface area (Å²) in [7, 11) is 0. The van der Waals surface area contributed by atoms with Crippen molar-refractivity contribution in [2.24, 2.45) is 0 Å². The zero-order valence-electron chi connectivity index (χ0n) is 11.9. The van der Waals surface area contributed by atoms with Gasteiger partial charge in [-0.3, -0.25) is 0 Å². The molecule has 18 heavy (non-hydrogen) atoms. The van der Waals surface area contributed by atoms with Gasteiger partial charge in [0.05, 0.1) is 6.04 Å². The molecule has 1 heteroatoms. The van der Waals surface area contributed by atoms with E-state index < -0.39 is 0 Å². The van der Waals surface area contributed by atoms with Crippen LogP contribution in [-0.2, 0) is 6.42 Å². The summed E-state index contributed by atoms with van der Waals surface area (Å²) < 4.78 is 0. The van der Waals surface area contributed by atoms with Crippen molar-refractivity contribution in [3.8, 4) is 12.3 Å². The molecule has 0 saturated carbocycles. The second-order valence-corrected chi connectivity index (χ2v) is 5.10. The highest BCUT2D eigenvalue weighted by Crippen LogP contribution is 2.09. The summed E-state index contributed by atoms with van der Waals surface area (Å²) in [6.07, 6.45) is 9.95. The van der Waals surface area contributed by atoms with Gasteiger partial charge in [0, 0.05) is 6.04 Å². The van der Waals surface area contributed by atoms with Gasteiger partial charge in [-0.2, -0.15) is 0 Å². The standard InChI is InChI=1S/C17H25N/c1-5-8-17(6-2)18-15(4)11-12-16-10-7-9-14(3)13-16/h2,7,9-10,13,15,17-18H,5,8,11-12H2,1,3-4H3. The quantitative estimate of drug-likeness (QED) is 0.720. The second kappa shape index (κ2) is 7.95. The third kappa shape index (κ3) is 5.38. The number of terminal acetylenes is 1. The topological polar surface area (TPSA) is 12.0 Å². The highest BCUT2D eigenvalue weighted by molar-refractivity contribution is 5.22. The van der Waals surface area contributed by atoms with E-state index in [0.717, 1.165) is 25.7 Å². The maximum absolute atomic E-state index is 5.52. The van der Waals surface area contributed by atoms with Crippen LogP contribution in [0.1, 0.15) is 44.2 Å². The summed E-state index contributed by atoms with van der Waals surface area (Å²) in [6.45, 7) is 6.53. The molecular formula is C17H25N. The maximum Gasteiger partial charge on any atom is 0.0688 e. The van der Waals surface area contributed by atoms with Gasteiger partial charge in [-0.1, -0.05) is 49.1 Å². The van der Waals surface area contributed by atoms with Gasteiger partial charge < -0.3 is 5.32 Å². The van der Waals surface area contributed by atoms with E-state index in [0.29, 0.717) is 6.04 Å². The molecule has 0 heterocycles. The molecule has 0 spiro atoms. The Kier molecular flexibility index (Phi) is 6.54. The molecule has 98 valence electrons. The summed E-state index contributed by atoms with van der Waals surface area (Å²) in [5, 5.41) is 3.52. The van der Waals surface area contributed by atoms with Crippen LogP contribution in [0.15, 0.2) is 24.3 Å². The first kappa shape index (κ1) is 14.8. The van der Waals surface area contributed by atoms with Crippen LogP contribution in [0.2, 0.25) is 0 Å². The van der Waals surface area contributed by atoms with Gasteiger partial charge in [-0.05, 0) is 38.7 Å². The Morgan fingerprint density at radius 1 is 1.33 bits per heavy atom. The van der Waals surface area contributed by atoms with Gasteiger partial charge in [-0.25, -0.2) is 0 Å². The predicted octanol–water partition coefficient (Wildman–Crippen LogP) is 3.71. The first-order valence-electron chi connectivity index (χ1n) is 6.93. The van der Waals surface area contributed by atoms with E-state index in [1.807, 2.05) is 0 Å². The molecule has 1 aromatic rings. The van der Waals surface area contributed by atoms with Crippen molar-refractivity contribution in [1.82, 2.24) is 5.32 Å². The Morgan fingerprint density at radius 2 is 2.11 bits per heavy atom. The summed E-state index contributed by atoms with van der Waals surface area (Å²) in [4.78, 5) is 0. The minimum absolute atomic E-state index is 0.225. The number of benzene rings is 1. The summed E-state index contributed by atoms with van der Waals surface area (Å²) >= 11 is 0. The zero-order valence-corrected chi connectivity index (χ0v) is 11.9. The Labute approximate surface area is 112 Å². The molecule has 0 aliphatic rings. The van der Waals surface area contributed by atoms with Gasteiger partial charge >= 0.3 is 0 Å². The van der Waals surface area contributed by atoms with Crippen molar-refractivity contribution < 1.29 is 0 Å². The molecule has 1 nitrogen and oxygen atoms in total. The third-order valence-corrected chi connectivity index (χ3v) is 3.21. The van der Waals surface area contributed by atoms with Crippen LogP contribution in [0.5, 0.6) is 0 Å². The smallest absolute Gasteiger partial charge is 0.0688 e.